The molecule has 1 aromatic rings. The highest BCUT2D eigenvalue weighted by Gasteiger charge is 2.61. The number of non-ortho nitro benzene ring substituents is 1. The van der Waals surface area contributed by atoms with Crippen molar-refractivity contribution < 1.29 is 19.3 Å². The van der Waals surface area contributed by atoms with Gasteiger partial charge in [-0.25, -0.2) is 4.79 Å². The van der Waals surface area contributed by atoms with E-state index in [9.17, 15) is 25.0 Å². The quantitative estimate of drug-likeness (QED) is 0.486. The summed E-state index contributed by atoms with van der Waals surface area (Å²) in [4.78, 5) is 39.4. The number of nitriles is 1. The second kappa shape index (κ2) is 5.43. The molecule has 2 bridgehead atoms. The summed E-state index contributed by atoms with van der Waals surface area (Å²) < 4.78 is 0. The topological polar surface area (TPSA) is 140 Å². The summed E-state index contributed by atoms with van der Waals surface area (Å²) in [6.45, 7) is 0. The maximum atomic E-state index is 12.3. The van der Waals surface area contributed by atoms with Crippen molar-refractivity contribution in [2.24, 2.45) is 11.7 Å². The summed E-state index contributed by atoms with van der Waals surface area (Å²) in [6.07, 6.45) is 3.91. The van der Waals surface area contributed by atoms with Gasteiger partial charge in [-0.05, 0) is 18.6 Å². The molecule has 1 aromatic carbocycles. The van der Waals surface area contributed by atoms with Crippen LogP contribution in [0.3, 0.4) is 0 Å². The van der Waals surface area contributed by atoms with E-state index in [4.69, 9.17) is 10.6 Å². The SMILES string of the molecule is N#C[C@@]1(C(N)=O)C2C=CC(C2)N1OC(=O)c1ccc([N+](=O)[O-])cc1. The van der Waals surface area contributed by atoms with Crippen molar-refractivity contribution in [3.05, 3.63) is 52.1 Å². The smallest absolute Gasteiger partial charge is 0.357 e. The zero-order valence-corrected chi connectivity index (χ0v) is 12.3. The van der Waals surface area contributed by atoms with Gasteiger partial charge in [-0.15, -0.1) is 5.06 Å². The molecule has 1 aliphatic heterocycles. The van der Waals surface area contributed by atoms with Crippen LogP contribution in [0.25, 0.3) is 0 Å². The molecule has 0 spiro atoms. The van der Waals surface area contributed by atoms with Gasteiger partial charge in [0.25, 0.3) is 11.6 Å². The Morgan fingerprint density at radius 3 is 2.58 bits per heavy atom. The lowest BCUT2D eigenvalue weighted by Crippen LogP contribution is -2.59. The molecule has 0 radical (unpaired) electrons. The molecular formula is C15H12N4O5. The van der Waals surface area contributed by atoms with E-state index in [0.29, 0.717) is 6.42 Å². The molecule has 1 saturated heterocycles. The molecule has 2 unspecified atom stereocenters. The van der Waals surface area contributed by atoms with Crippen molar-refractivity contribution in [1.82, 2.24) is 5.06 Å². The average Bonchev–Trinajstić information content (AvgIpc) is 3.15. The summed E-state index contributed by atoms with van der Waals surface area (Å²) in [5.74, 6) is -2.17. The van der Waals surface area contributed by atoms with E-state index in [1.807, 2.05) is 6.07 Å². The number of nitro groups is 1. The van der Waals surface area contributed by atoms with Crippen LogP contribution in [-0.2, 0) is 9.63 Å². The summed E-state index contributed by atoms with van der Waals surface area (Å²) in [6, 6.07) is 6.27. The van der Waals surface area contributed by atoms with E-state index >= 15 is 0 Å². The molecule has 9 heteroatoms. The predicted molar refractivity (Wildman–Crippen MR) is 78.9 cm³/mol. The van der Waals surface area contributed by atoms with E-state index in [0.717, 1.165) is 17.2 Å². The van der Waals surface area contributed by atoms with Crippen LogP contribution in [0.15, 0.2) is 36.4 Å². The second-order valence-electron chi connectivity index (χ2n) is 5.55. The third-order valence-corrected chi connectivity index (χ3v) is 4.29. The van der Waals surface area contributed by atoms with Crippen LogP contribution in [-0.4, -0.2) is 33.4 Å². The van der Waals surface area contributed by atoms with Crippen molar-refractivity contribution in [2.75, 3.05) is 0 Å². The van der Waals surface area contributed by atoms with E-state index in [-0.39, 0.29) is 11.3 Å². The number of nitrogens with two attached hydrogens (primary N) is 1. The number of benzene rings is 1. The molecule has 3 atom stereocenters. The van der Waals surface area contributed by atoms with Crippen molar-refractivity contribution in [3.8, 4) is 6.07 Å². The van der Waals surface area contributed by atoms with Gasteiger partial charge in [-0.3, -0.25) is 14.9 Å². The Morgan fingerprint density at radius 2 is 2.04 bits per heavy atom. The minimum absolute atomic E-state index is 0.0589. The van der Waals surface area contributed by atoms with Crippen LogP contribution in [0.2, 0.25) is 0 Å². The Kier molecular flexibility index (Phi) is 3.54. The largest absolute Gasteiger partial charge is 0.367 e. The lowest BCUT2D eigenvalue weighted by atomic mass is 9.86. The summed E-state index contributed by atoms with van der Waals surface area (Å²) in [5.41, 5.74) is 3.53. The number of hydrogen-bond donors (Lipinski definition) is 1. The Labute approximate surface area is 136 Å². The normalized spacial score (nSPS) is 27.6. The van der Waals surface area contributed by atoms with Crippen molar-refractivity contribution in [3.63, 3.8) is 0 Å². The molecule has 122 valence electrons. The van der Waals surface area contributed by atoms with Crippen LogP contribution in [0.1, 0.15) is 16.8 Å². The predicted octanol–water partition coefficient (Wildman–Crippen LogP) is 0.675. The van der Waals surface area contributed by atoms with E-state index < -0.39 is 34.3 Å². The van der Waals surface area contributed by atoms with Gasteiger partial charge >= 0.3 is 5.97 Å². The lowest BCUT2D eigenvalue weighted by molar-refractivity contribution is -0.384. The standard InChI is InChI=1S/C15H12N4O5/c16-8-15(14(17)21)10-3-6-12(7-10)18(15)24-13(20)9-1-4-11(5-2-9)19(22)23/h1-6,10,12H,7H2,(H2,17,21)/t10?,12?,15-/m0/s1. The van der Waals surface area contributed by atoms with Crippen LogP contribution >= 0.6 is 0 Å². The fourth-order valence-electron chi connectivity index (χ4n) is 3.07. The summed E-state index contributed by atoms with van der Waals surface area (Å²) in [7, 11) is 0. The molecule has 1 aliphatic carbocycles. The van der Waals surface area contributed by atoms with Crippen molar-refractivity contribution in [2.45, 2.75) is 18.0 Å². The van der Waals surface area contributed by atoms with E-state index in [2.05, 4.69) is 0 Å². The number of hydroxylamine groups is 2. The number of fused-ring (bicyclic) bond motifs is 2. The van der Waals surface area contributed by atoms with Crippen LogP contribution in [0.4, 0.5) is 5.69 Å². The van der Waals surface area contributed by atoms with Gasteiger partial charge in [0.05, 0.1) is 22.6 Å². The first-order chi connectivity index (χ1) is 11.4. The first-order valence-corrected chi connectivity index (χ1v) is 7.05. The van der Waals surface area contributed by atoms with Crippen molar-refractivity contribution in [1.29, 1.82) is 5.26 Å². The number of primary amides is 1. The number of carbonyl (C=O) groups excluding carboxylic acids is 2. The van der Waals surface area contributed by atoms with E-state index in [1.165, 1.54) is 12.1 Å². The Morgan fingerprint density at radius 1 is 1.38 bits per heavy atom. The number of rotatable bonds is 4. The molecular weight excluding hydrogens is 316 g/mol. The van der Waals surface area contributed by atoms with Gasteiger partial charge in [0, 0.05) is 18.1 Å². The molecule has 1 heterocycles. The zero-order chi connectivity index (χ0) is 17.5. The Hall–Kier alpha value is -3.25. The van der Waals surface area contributed by atoms with Gasteiger partial charge in [0.1, 0.15) is 0 Å². The average molecular weight is 328 g/mol. The Balaban J connectivity index is 1.86. The number of amides is 1. The molecule has 2 aliphatic rings. The molecule has 9 nitrogen and oxygen atoms in total. The van der Waals surface area contributed by atoms with Crippen LogP contribution in [0.5, 0.6) is 0 Å². The van der Waals surface area contributed by atoms with Crippen LogP contribution in [0, 0.1) is 27.4 Å². The van der Waals surface area contributed by atoms with Gasteiger partial charge in [-0.2, -0.15) is 5.26 Å². The first-order valence-electron chi connectivity index (χ1n) is 7.05. The Bertz CT molecular complexity index is 797. The number of nitro benzene ring substituents is 1. The maximum absolute atomic E-state index is 12.3. The molecule has 2 N–H and O–H groups in total. The number of carbonyl (C=O) groups is 2. The zero-order valence-electron chi connectivity index (χ0n) is 12.3. The fraction of sp³-hybridized carbons (Fsp3) is 0.267. The van der Waals surface area contributed by atoms with Gasteiger partial charge in [0.2, 0.25) is 5.54 Å². The molecule has 24 heavy (non-hydrogen) atoms. The fourth-order valence-corrected chi connectivity index (χ4v) is 3.07. The molecule has 1 amide bonds. The lowest BCUT2D eigenvalue weighted by Gasteiger charge is -2.34. The van der Waals surface area contributed by atoms with E-state index in [1.54, 1.807) is 12.2 Å². The number of nitrogens with zero attached hydrogens (tertiary/aromatic N) is 3. The van der Waals surface area contributed by atoms with Crippen molar-refractivity contribution >= 4 is 17.6 Å². The second-order valence-corrected chi connectivity index (χ2v) is 5.55. The highest BCUT2D eigenvalue weighted by Crippen LogP contribution is 2.45. The monoisotopic (exact) mass is 328 g/mol. The minimum Gasteiger partial charge on any atom is -0.367 e. The summed E-state index contributed by atoms with van der Waals surface area (Å²) >= 11 is 0. The highest BCUT2D eigenvalue weighted by molar-refractivity contribution is 5.92. The summed E-state index contributed by atoms with van der Waals surface area (Å²) in [5, 5.41) is 21.1. The molecule has 0 saturated carbocycles. The highest BCUT2D eigenvalue weighted by atomic mass is 16.7. The van der Waals surface area contributed by atoms with Crippen LogP contribution < -0.4 is 5.73 Å². The minimum atomic E-state index is -1.74. The third-order valence-electron chi connectivity index (χ3n) is 4.29. The van der Waals surface area contributed by atoms with Gasteiger partial charge in [0.15, 0.2) is 0 Å². The van der Waals surface area contributed by atoms with Gasteiger partial charge < -0.3 is 10.6 Å². The maximum Gasteiger partial charge on any atom is 0.357 e. The number of hydrogen-bond acceptors (Lipinski definition) is 7. The first kappa shape index (κ1) is 15.6. The third kappa shape index (κ3) is 2.12. The molecule has 0 aromatic heterocycles. The molecule has 1 fully saturated rings. The molecule has 3 rings (SSSR count). The van der Waals surface area contributed by atoms with Gasteiger partial charge in [-0.1, -0.05) is 12.2 Å².